The third-order valence-electron chi connectivity index (χ3n) is 2.97. The molecule has 6 heteroatoms. The molecule has 114 valence electrons. The summed E-state index contributed by atoms with van der Waals surface area (Å²) in [6, 6.07) is 5.27. The summed E-state index contributed by atoms with van der Waals surface area (Å²) in [5, 5.41) is -1.29. The average molecular weight is 321 g/mol. The summed E-state index contributed by atoms with van der Waals surface area (Å²) in [5.41, 5.74) is 0.705. The van der Waals surface area contributed by atoms with Crippen LogP contribution in [0.25, 0.3) is 0 Å². The lowest BCUT2D eigenvalue weighted by Gasteiger charge is -2.19. The quantitative estimate of drug-likeness (QED) is 0.724. The first-order valence-corrected chi connectivity index (χ1v) is 8.92. The van der Waals surface area contributed by atoms with Crippen LogP contribution in [-0.2, 0) is 9.84 Å². The summed E-state index contributed by atoms with van der Waals surface area (Å²) < 4.78 is 34.1. The highest BCUT2D eigenvalue weighted by atomic mass is 35.5. The van der Waals surface area contributed by atoms with E-state index in [2.05, 4.69) is 0 Å². The Morgan fingerprint density at radius 1 is 1.15 bits per heavy atom. The second-order valence-electron chi connectivity index (χ2n) is 4.51. The van der Waals surface area contributed by atoms with Gasteiger partial charge in [-0.2, -0.15) is 0 Å². The number of benzene rings is 1. The molecule has 1 aromatic carbocycles. The van der Waals surface area contributed by atoms with Crippen LogP contribution in [0.2, 0.25) is 0 Å². The van der Waals surface area contributed by atoms with Crippen LogP contribution >= 0.6 is 11.6 Å². The highest BCUT2D eigenvalue weighted by Gasteiger charge is 2.26. The molecule has 0 heterocycles. The Morgan fingerprint density at radius 2 is 1.70 bits per heavy atom. The van der Waals surface area contributed by atoms with E-state index in [0.717, 1.165) is 0 Å². The fraction of sp³-hybridized carbons (Fsp3) is 0.571. The van der Waals surface area contributed by atoms with Crippen molar-refractivity contribution in [2.75, 3.05) is 19.5 Å². The van der Waals surface area contributed by atoms with Gasteiger partial charge in [-0.3, -0.25) is 0 Å². The van der Waals surface area contributed by atoms with Gasteiger partial charge in [0.2, 0.25) is 0 Å². The number of sulfone groups is 1. The van der Waals surface area contributed by atoms with Crippen LogP contribution in [0.3, 0.4) is 0 Å². The standard InChI is InChI=1S/C14H21ClO4S/c1-5-18-12-8-7-11(9-13(12)19-6-2)14(15)10(3)20(4,16)17/h7-10,14H,5-6H2,1-4H3. The molecule has 0 saturated heterocycles. The van der Waals surface area contributed by atoms with Gasteiger partial charge in [-0.05, 0) is 38.5 Å². The van der Waals surface area contributed by atoms with Crippen molar-refractivity contribution in [3.8, 4) is 11.5 Å². The monoisotopic (exact) mass is 320 g/mol. The normalized spacial score (nSPS) is 14.7. The maximum Gasteiger partial charge on any atom is 0.161 e. The Morgan fingerprint density at radius 3 is 2.20 bits per heavy atom. The molecule has 4 nitrogen and oxygen atoms in total. The zero-order valence-corrected chi connectivity index (χ0v) is 13.8. The SMILES string of the molecule is CCOc1ccc(C(Cl)C(C)S(C)(=O)=O)cc1OCC. The van der Waals surface area contributed by atoms with Crippen LogP contribution < -0.4 is 9.47 Å². The lowest BCUT2D eigenvalue weighted by atomic mass is 10.1. The van der Waals surface area contributed by atoms with Crippen molar-refractivity contribution in [1.29, 1.82) is 0 Å². The van der Waals surface area contributed by atoms with Gasteiger partial charge in [-0.1, -0.05) is 6.07 Å². The van der Waals surface area contributed by atoms with Gasteiger partial charge in [0.05, 0.1) is 23.8 Å². The highest BCUT2D eigenvalue weighted by molar-refractivity contribution is 7.91. The van der Waals surface area contributed by atoms with Gasteiger partial charge in [-0.15, -0.1) is 11.6 Å². The van der Waals surface area contributed by atoms with Gasteiger partial charge in [0.15, 0.2) is 21.3 Å². The van der Waals surface area contributed by atoms with Crippen molar-refractivity contribution in [2.45, 2.75) is 31.4 Å². The minimum absolute atomic E-state index is 0.498. The van der Waals surface area contributed by atoms with E-state index in [1.807, 2.05) is 13.8 Å². The maximum atomic E-state index is 11.6. The van der Waals surface area contributed by atoms with Crippen molar-refractivity contribution in [3.63, 3.8) is 0 Å². The van der Waals surface area contributed by atoms with E-state index in [4.69, 9.17) is 21.1 Å². The van der Waals surface area contributed by atoms with E-state index in [1.165, 1.54) is 6.26 Å². The summed E-state index contributed by atoms with van der Waals surface area (Å²) in [7, 11) is -3.20. The Balaban J connectivity index is 3.10. The molecule has 2 atom stereocenters. The van der Waals surface area contributed by atoms with Crippen molar-refractivity contribution < 1.29 is 17.9 Å². The van der Waals surface area contributed by atoms with Gasteiger partial charge < -0.3 is 9.47 Å². The van der Waals surface area contributed by atoms with Crippen LogP contribution in [0.1, 0.15) is 31.7 Å². The molecule has 20 heavy (non-hydrogen) atoms. The molecular formula is C14H21ClO4S. The zero-order chi connectivity index (χ0) is 15.3. The van der Waals surface area contributed by atoms with Crippen LogP contribution in [0.4, 0.5) is 0 Å². The molecule has 0 radical (unpaired) electrons. The lowest BCUT2D eigenvalue weighted by Crippen LogP contribution is -2.21. The molecule has 0 aliphatic rings. The molecule has 0 aromatic heterocycles. The molecule has 0 spiro atoms. The first-order chi connectivity index (χ1) is 9.31. The first kappa shape index (κ1) is 17.1. The van der Waals surface area contributed by atoms with E-state index in [-0.39, 0.29) is 0 Å². The van der Waals surface area contributed by atoms with Crippen LogP contribution in [-0.4, -0.2) is 33.1 Å². The van der Waals surface area contributed by atoms with Gasteiger partial charge >= 0.3 is 0 Å². The number of rotatable bonds is 7. The Labute approximate surface area is 126 Å². The van der Waals surface area contributed by atoms with Crippen molar-refractivity contribution in [2.24, 2.45) is 0 Å². The van der Waals surface area contributed by atoms with Crippen molar-refractivity contribution >= 4 is 21.4 Å². The number of hydrogen-bond donors (Lipinski definition) is 0. The van der Waals surface area contributed by atoms with Gasteiger partial charge in [-0.25, -0.2) is 8.42 Å². The van der Waals surface area contributed by atoms with E-state index in [1.54, 1.807) is 25.1 Å². The molecular weight excluding hydrogens is 300 g/mol. The molecule has 0 saturated carbocycles. The molecule has 0 N–H and O–H groups in total. The summed E-state index contributed by atoms with van der Waals surface area (Å²) in [5.74, 6) is 1.21. The Bertz CT molecular complexity index is 542. The molecule has 0 aliphatic carbocycles. The van der Waals surface area contributed by atoms with E-state index >= 15 is 0 Å². The Hall–Kier alpha value is -0.940. The summed E-state index contributed by atoms with van der Waals surface area (Å²) in [6.45, 7) is 6.39. The van der Waals surface area contributed by atoms with Gasteiger partial charge in [0.1, 0.15) is 0 Å². The van der Waals surface area contributed by atoms with Gasteiger partial charge in [0, 0.05) is 6.26 Å². The molecule has 0 aliphatic heterocycles. The smallest absolute Gasteiger partial charge is 0.161 e. The molecule has 2 unspecified atom stereocenters. The Kier molecular flexibility index (Phi) is 6.14. The minimum atomic E-state index is -3.20. The molecule has 0 fully saturated rings. The predicted molar refractivity (Wildman–Crippen MR) is 81.7 cm³/mol. The van der Waals surface area contributed by atoms with E-state index < -0.39 is 20.5 Å². The lowest BCUT2D eigenvalue weighted by molar-refractivity contribution is 0.287. The number of halogens is 1. The maximum absolute atomic E-state index is 11.6. The predicted octanol–water partition coefficient (Wildman–Crippen LogP) is 3.20. The zero-order valence-electron chi connectivity index (χ0n) is 12.2. The highest BCUT2D eigenvalue weighted by Crippen LogP contribution is 2.35. The molecule has 0 amide bonds. The number of ether oxygens (including phenoxy) is 2. The van der Waals surface area contributed by atoms with E-state index in [0.29, 0.717) is 30.3 Å². The van der Waals surface area contributed by atoms with E-state index in [9.17, 15) is 8.42 Å². The molecule has 1 rings (SSSR count). The van der Waals surface area contributed by atoms with Crippen LogP contribution in [0, 0.1) is 0 Å². The second-order valence-corrected chi connectivity index (χ2v) is 7.38. The average Bonchev–Trinajstić information content (AvgIpc) is 2.38. The molecule has 1 aromatic rings. The largest absolute Gasteiger partial charge is 0.490 e. The summed E-state index contributed by atoms with van der Waals surface area (Å²) >= 11 is 6.27. The topological polar surface area (TPSA) is 52.6 Å². The third kappa shape index (κ3) is 4.28. The van der Waals surface area contributed by atoms with Gasteiger partial charge in [0.25, 0.3) is 0 Å². The summed E-state index contributed by atoms with van der Waals surface area (Å²) in [6.07, 6.45) is 1.19. The molecule has 0 bridgehead atoms. The van der Waals surface area contributed by atoms with Crippen molar-refractivity contribution in [1.82, 2.24) is 0 Å². The summed E-state index contributed by atoms with van der Waals surface area (Å²) in [4.78, 5) is 0. The second kappa shape index (κ2) is 7.18. The fourth-order valence-corrected chi connectivity index (χ4v) is 3.01. The number of alkyl halides is 1. The number of hydrogen-bond acceptors (Lipinski definition) is 4. The third-order valence-corrected chi connectivity index (χ3v) is 5.38. The minimum Gasteiger partial charge on any atom is -0.490 e. The van der Waals surface area contributed by atoms with Crippen LogP contribution in [0.15, 0.2) is 18.2 Å². The van der Waals surface area contributed by atoms with Crippen molar-refractivity contribution in [3.05, 3.63) is 23.8 Å². The fourth-order valence-electron chi connectivity index (χ4n) is 1.73. The first-order valence-electron chi connectivity index (χ1n) is 6.53. The van der Waals surface area contributed by atoms with Crippen LogP contribution in [0.5, 0.6) is 11.5 Å².